The summed E-state index contributed by atoms with van der Waals surface area (Å²) in [5.74, 6) is -0.364. The largest absolute Gasteiger partial charge is 0.489 e. The zero-order chi connectivity index (χ0) is 25.6. The monoisotopic (exact) mass is 520 g/mol. The fourth-order valence-electron chi connectivity index (χ4n) is 4.27. The van der Waals surface area contributed by atoms with Crippen molar-refractivity contribution in [3.8, 4) is 5.75 Å². The Kier molecular flexibility index (Phi) is 7.72. The first-order chi connectivity index (χ1) is 18.0. The SMILES string of the molecule is O=C(Nc1nccs1)c1cc(CN2CCN(c3ccc(F)cc3)CC2)cc(OCc2ccccc2F)c1. The van der Waals surface area contributed by atoms with Crippen LogP contribution in [0.5, 0.6) is 5.75 Å². The number of rotatable bonds is 8. The summed E-state index contributed by atoms with van der Waals surface area (Å²) in [5.41, 5.74) is 2.82. The van der Waals surface area contributed by atoms with Crippen LogP contribution in [-0.2, 0) is 13.2 Å². The molecule has 4 aromatic rings. The summed E-state index contributed by atoms with van der Waals surface area (Å²) in [6.07, 6.45) is 1.63. The molecule has 1 fully saturated rings. The van der Waals surface area contributed by atoms with Gasteiger partial charge in [-0.05, 0) is 54.1 Å². The van der Waals surface area contributed by atoms with Gasteiger partial charge in [0.1, 0.15) is 24.0 Å². The molecule has 0 radical (unpaired) electrons. The maximum Gasteiger partial charge on any atom is 0.257 e. The van der Waals surface area contributed by atoms with Crippen LogP contribution in [0.4, 0.5) is 19.6 Å². The molecule has 0 bridgehead atoms. The van der Waals surface area contributed by atoms with Gasteiger partial charge < -0.3 is 9.64 Å². The van der Waals surface area contributed by atoms with Crippen LogP contribution in [0.2, 0.25) is 0 Å². The van der Waals surface area contributed by atoms with Crippen LogP contribution in [0.1, 0.15) is 21.5 Å². The van der Waals surface area contributed by atoms with E-state index in [1.165, 1.54) is 29.5 Å². The number of amides is 1. The molecular weight excluding hydrogens is 494 g/mol. The van der Waals surface area contributed by atoms with Crippen LogP contribution < -0.4 is 15.0 Å². The minimum atomic E-state index is -0.334. The maximum atomic E-state index is 14.1. The number of carbonyl (C=O) groups excluding carboxylic acids is 1. The molecule has 5 rings (SSSR count). The van der Waals surface area contributed by atoms with Crippen LogP contribution in [-0.4, -0.2) is 42.0 Å². The molecule has 0 saturated carbocycles. The van der Waals surface area contributed by atoms with Gasteiger partial charge in [0.05, 0.1) is 0 Å². The average Bonchev–Trinajstić information content (AvgIpc) is 3.42. The fourth-order valence-corrected chi connectivity index (χ4v) is 4.80. The predicted molar refractivity (Wildman–Crippen MR) is 141 cm³/mol. The van der Waals surface area contributed by atoms with E-state index in [1.807, 2.05) is 12.1 Å². The quantitative estimate of drug-likeness (QED) is 0.329. The fraction of sp³-hybridized carbons (Fsp3) is 0.214. The first-order valence-corrected chi connectivity index (χ1v) is 12.9. The lowest BCUT2D eigenvalue weighted by molar-refractivity contribution is 0.102. The molecule has 1 N–H and O–H groups in total. The third-order valence-electron chi connectivity index (χ3n) is 6.20. The second-order valence-electron chi connectivity index (χ2n) is 8.78. The minimum Gasteiger partial charge on any atom is -0.489 e. The summed E-state index contributed by atoms with van der Waals surface area (Å²) in [6, 6.07) is 18.4. The highest BCUT2D eigenvalue weighted by Crippen LogP contribution is 2.24. The van der Waals surface area contributed by atoms with Crippen LogP contribution >= 0.6 is 11.3 Å². The zero-order valence-electron chi connectivity index (χ0n) is 20.1. The Labute approximate surface area is 218 Å². The number of hydrogen-bond donors (Lipinski definition) is 1. The van der Waals surface area contributed by atoms with E-state index in [0.717, 1.165) is 37.4 Å². The molecule has 37 heavy (non-hydrogen) atoms. The second-order valence-corrected chi connectivity index (χ2v) is 9.67. The number of aromatic nitrogens is 1. The number of thiazole rings is 1. The lowest BCUT2D eigenvalue weighted by Gasteiger charge is -2.36. The Morgan fingerprint density at radius 2 is 1.78 bits per heavy atom. The molecule has 0 atom stereocenters. The smallest absolute Gasteiger partial charge is 0.257 e. The van der Waals surface area contributed by atoms with Crippen molar-refractivity contribution >= 4 is 28.1 Å². The summed E-state index contributed by atoms with van der Waals surface area (Å²) in [4.78, 5) is 21.6. The molecule has 9 heteroatoms. The number of piperazine rings is 1. The summed E-state index contributed by atoms with van der Waals surface area (Å²) in [6.45, 7) is 3.95. The topological polar surface area (TPSA) is 57.7 Å². The number of halogens is 2. The molecular formula is C28H26F2N4O2S. The Morgan fingerprint density at radius 3 is 2.51 bits per heavy atom. The number of nitrogens with zero attached hydrogens (tertiary/aromatic N) is 3. The van der Waals surface area contributed by atoms with Crippen molar-refractivity contribution in [2.75, 3.05) is 36.4 Å². The van der Waals surface area contributed by atoms with Crippen molar-refractivity contribution in [2.24, 2.45) is 0 Å². The molecule has 1 aliphatic heterocycles. The molecule has 0 aliphatic carbocycles. The van der Waals surface area contributed by atoms with E-state index in [9.17, 15) is 13.6 Å². The zero-order valence-corrected chi connectivity index (χ0v) is 20.9. The Hall–Kier alpha value is -3.82. The van der Waals surface area contributed by atoms with Crippen molar-refractivity contribution in [2.45, 2.75) is 13.2 Å². The Balaban J connectivity index is 1.29. The molecule has 0 spiro atoms. The van der Waals surface area contributed by atoms with Gasteiger partial charge in [0.2, 0.25) is 0 Å². The number of carbonyl (C=O) groups is 1. The molecule has 190 valence electrons. The number of anilines is 2. The number of benzene rings is 3. The summed E-state index contributed by atoms with van der Waals surface area (Å²) < 4.78 is 33.3. The summed E-state index contributed by atoms with van der Waals surface area (Å²) in [5, 5.41) is 5.12. The van der Waals surface area contributed by atoms with Gasteiger partial charge in [-0.2, -0.15) is 0 Å². The van der Waals surface area contributed by atoms with E-state index in [-0.39, 0.29) is 24.1 Å². The van der Waals surface area contributed by atoms with Gasteiger partial charge in [-0.3, -0.25) is 15.0 Å². The van der Waals surface area contributed by atoms with Gasteiger partial charge in [0.15, 0.2) is 5.13 Å². The van der Waals surface area contributed by atoms with Gasteiger partial charge in [0, 0.05) is 61.1 Å². The van der Waals surface area contributed by atoms with Crippen LogP contribution in [0.25, 0.3) is 0 Å². The first kappa shape index (κ1) is 24.9. The van der Waals surface area contributed by atoms with Gasteiger partial charge in [-0.1, -0.05) is 18.2 Å². The standard InChI is InChI=1S/C28H26F2N4O2S/c29-23-5-7-24(8-6-23)34-12-10-33(11-13-34)18-20-15-22(27(35)32-28-31-9-14-37-28)17-25(16-20)36-19-21-3-1-2-4-26(21)30/h1-9,14-17H,10-13,18-19H2,(H,31,32,35). The number of ether oxygens (including phenoxy) is 1. The van der Waals surface area contributed by atoms with E-state index >= 15 is 0 Å². The summed E-state index contributed by atoms with van der Waals surface area (Å²) >= 11 is 1.34. The van der Waals surface area contributed by atoms with Gasteiger partial charge >= 0.3 is 0 Å². The molecule has 6 nitrogen and oxygen atoms in total. The lowest BCUT2D eigenvalue weighted by atomic mass is 10.1. The van der Waals surface area contributed by atoms with E-state index < -0.39 is 0 Å². The van der Waals surface area contributed by atoms with Crippen molar-refractivity contribution in [1.82, 2.24) is 9.88 Å². The van der Waals surface area contributed by atoms with Crippen LogP contribution in [0, 0.1) is 11.6 Å². The second kappa shape index (κ2) is 11.5. The predicted octanol–water partition coefficient (Wildman–Crippen LogP) is 5.57. The normalized spacial score (nSPS) is 13.9. The molecule has 1 aliphatic rings. The molecule has 3 aromatic carbocycles. The van der Waals surface area contributed by atoms with Gasteiger partial charge in [-0.15, -0.1) is 11.3 Å². The molecule has 2 heterocycles. The van der Waals surface area contributed by atoms with Crippen molar-refractivity contribution < 1.29 is 18.3 Å². The van der Waals surface area contributed by atoms with Crippen molar-refractivity contribution in [3.63, 3.8) is 0 Å². The van der Waals surface area contributed by atoms with E-state index in [1.54, 1.807) is 48.0 Å². The minimum absolute atomic E-state index is 0.0556. The third kappa shape index (κ3) is 6.49. The highest BCUT2D eigenvalue weighted by Gasteiger charge is 2.19. The lowest BCUT2D eigenvalue weighted by Crippen LogP contribution is -2.46. The summed E-state index contributed by atoms with van der Waals surface area (Å²) in [7, 11) is 0. The first-order valence-electron chi connectivity index (χ1n) is 12.0. The van der Waals surface area contributed by atoms with Crippen LogP contribution in [0.3, 0.4) is 0 Å². The highest BCUT2D eigenvalue weighted by molar-refractivity contribution is 7.13. The average molecular weight is 521 g/mol. The van der Waals surface area contributed by atoms with Crippen molar-refractivity contribution in [1.29, 1.82) is 0 Å². The van der Waals surface area contributed by atoms with Gasteiger partial charge in [-0.25, -0.2) is 13.8 Å². The number of nitrogens with one attached hydrogen (secondary N) is 1. The Morgan fingerprint density at radius 1 is 1.00 bits per heavy atom. The molecule has 0 unspecified atom stereocenters. The van der Waals surface area contributed by atoms with E-state index in [2.05, 4.69) is 20.1 Å². The van der Waals surface area contributed by atoms with E-state index in [0.29, 0.717) is 28.6 Å². The highest BCUT2D eigenvalue weighted by atomic mass is 32.1. The van der Waals surface area contributed by atoms with Crippen molar-refractivity contribution in [3.05, 3.63) is 107 Å². The van der Waals surface area contributed by atoms with Gasteiger partial charge in [0.25, 0.3) is 5.91 Å². The molecule has 1 aromatic heterocycles. The number of hydrogen-bond acceptors (Lipinski definition) is 6. The molecule has 1 saturated heterocycles. The molecule has 1 amide bonds. The van der Waals surface area contributed by atoms with Crippen LogP contribution in [0.15, 0.2) is 78.3 Å². The van der Waals surface area contributed by atoms with E-state index in [4.69, 9.17) is 4.74 Å². The maximum absolute atomic E-state index is 14.1. The third-order valence-corrected chi connectivity index (χ3v) is 6.89. The Bertz CT molecular complexity index is 1340.